The van der Waals surface area contributed by atoms with Gasteiger partial charge in [0.2, 0.25) is 0 Å². The molecule has 2 rings (SSSR count). The topological polar surface area (TPSA) is 21.8 Å². The number of benzene rings is 1. The van der Waals surface area contributed by atoms with E-state index in [4.69, 9.17) is 32.7 Å². The van der Waals surface area contributed by atoms with Gasteiger partial charge in [-0.3, -0.25) is 0 Å². The van der Waals surface area contributed by atoms with Gasteiger partial charge in [0.1, 0.15) is 11.4 Å². The number of epoxide rings is 1. The second-order valence-corrected chi connectivity index (χ2v) is 4.30. The highest BCUT2D eigenvalue weighted by Gasteiger charge is 2.43. The van der Waals surface area contributed by atoms with Crippen LogP contribution in [0.2, 0.25) is 10.0 Å². The van der Waals surface area contributed by atoms with Crippen molar-refractivity contribution < 1.29 is 9.47 Å². The van der Waals surface area contributed by atoms with E-state index in [1.807, 2.05) is 6.92 Å². The Bertz CT molecular complexity index is 373. The van der Waals surface area contributed by atoms with Crippen molar-refractivity contribution in [3.63, 3.8) is 0 Å². The van der Waals surface area contributed by atoms with Crippen LogP contribution < -0.4 is 4.74 Å². The molecule has 76 valence electrons. The van der Waals surface area contributed by atoms with E-state index >= 15 is 0 Å². The molecule has 0 aliphatic carbocycles. The maximum absolute atomic E-state index is 6.09. The minimum atomic E-state index is -0.257. The van der Waals surface area contributed by atoms with Crippen molar-refractivity contribution in [2.45, 2.75) is 12.5 Å². The fourth-order valence-electron chi connectivity index (χ4n) is 1.35. The Morgan fingerprint density at radius 1 is 1.36 bits per heavy atom. The molecular formula is C10H10Cl2O2. The Morgan fingerprint density at radius 3 is 2.50 bits per heavy atom. The lowest BCUT2D eigenvalue weighted by Gasteiger charge is -2.11. The van der Waals surface area contributed by atoms with Crippen molar-refractivity contribution >= 4 is 23.2 Å². The molecule has 1 atom stereocenters. The largest absolute Gasteiger partial charge is 0.495 e. The first kappa shape index (κ1) is 10.1. The fourth-order valence-corrected chi connectivity index (χ4v) is 1.95. The minimum absolute atomic E-state index is 0.257. The zero-order chi connectivity index (χ0) is 10.3. The molecule has 1 saturated heterocycles. The molecule has 1 heterocycles. The summed E-state index contributed by atoms with van der Waals surface area (Å²) in [5.41, 5.74) is 0.664. The average Bonchev–Trinajstić information content (AvgIpc) is 2.88. The molecular weight excluding hydrogens is 223 g/mol. The maximum Gasteiger partial charge on any atom is 0.138 e. The van der Waals surface area contributed by atoms with Gasteiger partial charge >= 0.3 is 0 Å². The fraction of sp³-hybridized carbons (Fsp3) is 0.400. The summed E-state index contributed by atoms with van der Waals surface area (Å²) in [7, 11) is 1.56. The molecule has 0 amide bonds. The first-order valence-corrected chi connectivity index (χ1v) is 5.00. The van der Waals surface area contributed by atoms with Gasteiger partial charge < -0.3 is 9.47 Å². The summed E-state index contributed by atoms with van der Waals surface area (Å²) in [6, 6.07) is 3.52. The van der Waals surface area contributed by atoms with Crippen LogP contribution >= 0.6 is 23.2 Å². The maximum atomic E-state index is 6.09. The van der Waals surface area contributed by atoms with Crippen LogP contribution in [0.1, 0.15) is 12.5 Å². The predicted octanol–water partition coefficient (Wildman–Crippen LogP) is 3.25. The van der Waals surface area contributed by atoms with Crippen LogP contribution in [0.4, 0.5) is 0 Å². The molecule has 1 fully saturated rings. The van der Waals surface area contributed by atoms with Gasteiger partial charge in [-0.1, -0.05) is 23.2 Å². The summed E-state index contributed by atoms with van der Waals surface area (Å²) < 4.78 is 10.4. The molecule has 14 heavy (non-hydrogen) atoms. The molecule has 1 aliphatic heterocycles. The highest BCUT2D eigenvalue weighted by atomic mass is 35.5. The third kappa shape index (κ3) is 1.58. The summed E-state index contributed by atoms with van der Waals surface area (Å²) in [4.78, 5) is 0. The molecule has 2 nitrogen and oxygen atoms in total. The van der Waals surface area contributed by atoms with Gasteiger partial charge in [-0.2, -0.15) is 0 Å². The minimum Gasteiger partial charge on any atom is -0.495 e. The van der Waals surface area contributed by atoms with Crippen molar-refractivity contribution in [1.29, 1.82) is 0 Å². The van der Waals surface area contributed by atoms with Crippen molar-refractivity contribution in [2.24, 2.45) is 0 Å². The number of rotatable bonds is 2. The highest BCUT2D eigenvalue weighted by Crippen LogP contribution is 2.44. The van der Waals surface area contributed by atoms with E-state index in [0.29, 0.717) is 22.4 Å². The van der Waals surface area contributed by atoms with Crippen LogP contribution in [0.25, 0.3) is 0 Å². The van der Waals surface area contributed by atoms with Crippen LogP contribution in [-0.2, 0) is 10.3 Å². The molecule has 0 N–H and O–H groups in total. The Balaban J connectivity index is 2.48. The van der Waals surface area contributed by atoms with Crippen LogP contribution in [-0.4, -0.2) is 13.7 Å². The zero-order valence-electron chi connectivity index (χ0n) is 7.93. The van der Waals surface area contributed by atoms with Gasteiger partial charge in [0.05, 0.1) is 23.8 Å². The number of halogens is 2. The molecule has 0 radical (unpaired) electrons. The number of hydrogen-bond donors (Lipinski definition) is 0. The first-order chi connectivity index (χ1) is 6.57. The summed E-state index contributed by atoms with van der Waals surface area (Å²) in [6.07, 6.45) is 0. The zero-order valence-corrected chi connectivity index (χ0v) is 9.45. The molecule has 0 spiro atoms. The summed E-state index contributed by atoms with van der Waals surface area (Å²) in [5.74, 6) is 0.588. The molecule has 0 aromatic heterocycles. The number of ether oxygens (including phenoxy) is 2. The second-order valence-electron chi connectivity index (χ2n) is 3.49. The van der Waals surface area contributed by atoms with Gasteiger partial charge in [0.25, 0.3) is 0 Å². The van der Waals surface area contributed by atoms with E-state index in [1.165, 1.54) is 0 Å². The smallest absolute Gasteiger partial charge is 0.138 e. The standard InChI is InChI=1S/C10H10Cl2O2/c1-10(5-14-10)6-3-8(12)9(13-2)4-7(6)11/h3-4H,5H2,1-2H3. The van der Waals surface area contributed by atoms with Crippen molar-refractivity contribution in [2.75, 3.05) is 13.7 Å². The third-order valence-corrected chi connectivity index (χ3v) is 3.00. The van der Waals surface area contributed by atoms with E-state index in [2.05, 4.69) is 0 Å². The third-order valence-electron chi connectivity index (χ3n) is 2.39. The van der Waals surface area contributed by atoms with Crippen LogP contribution in [0.3, 0.4) is 0 Å². The van der Waals surface area contributed by atoms with Gasteiger partial charge in [-0.05, 0) is 13.0 Å². The van der Waals surface area contributed by atoms with E-state index in [9.17, 15) is 0 Å². The van der Waals surface area contributed by atoms with Crippen molar-refractivity contribution in [1.82, 2.24) is 0 Å². The van der Waals surface area contributed by atoms with Crippen LogP contribution in [0, 0.1) is 0 Å². The van der Waals surface area contributed by atoms with E-state index in [-0.39, 0.29) is 5.60 Å². The van der Waals surface area contributed by atoms with Gasteiger partial charge in [-0.15, -0.1) is 0 Å². The van der Waals surface area contributed by atoms with E-state index in [0.717, 1.165) is 5.56 Å². The van der Waals surface area contributed by atoms with E-state index < -0.39 is 0 Å². The average molecular weight is 233 g/mol. The summed E-state index contributed by atoms with van der Waals surface area (Å²) in [6.45, 7) is 2.67. The second kappa shape index (κ2) is 3.30. The molecule has 1 aromatic rings. The summed E-state index contributed by atoms with van der Waals surface area (Å²) in [5, 5.41) is 1.19. The first-order valence-electron chi connectivity index (χ1n) is 4.24. The SMILES string of the molecule is COc1cc(Cl)c(C2(C)CO2)cc1Cl. The van der Waals surface area contributed by atoms with Crippen molar-refractivity contribution in [3.8, 4) is 5.75 Å². The van der Waals surface area contributed by atoms with Crippen molar-refractivity contribution in [3.05, 3.63) is 27.7 Å². The molecule has 4 heteroatoms. The van der Waals surface area contributed by atoms with Gasteiger partial charge in [0.15, 0.2) is 0 Å². The molecule has 0 bridgehead atoms. The van der Waals surface area contributed by atoms with E-state index in [1.54, 1.807) is 19.2 Å². The van der Waals surface area contributed by atoms with Gasteiger partial charge in [0, 0.05) is 11.6 Å². The lowest BCUT2D eigenvalue weighted by atomic mass is 10.0. The highest BCUT2D eigenvalue weighted by molar-refractivity contribution is 6.34. The Labute approximate surface area is 92.7 Å². The summed E-state index contributed by atoms with van der Waals surface area (Å²) >= 11 is 12.1. The Hall–Kier alpha value is -0.440. The van der Waals surface area contributed by atoms with Crippen LogP contribution in [0.15, 0.2) is 12.1 Å². The molecule has 1 unspecified atom stereocenters. The molecule has 0 saturated carbocycles. The monoisotopic (exact) mass is 232 g/mol. The number of hydrogen-bond acceptors (Lipinski definition) is 2. The lowest BCUT2D eigenvalue weighted by Crippen LogP contribution is -2.03. The molecule has 1 aromatic carbocycles. The quantitative estimate of drug-likeness (QED) is 0.731. The van der Waals surface area contributed by atoms with Gasteiger partial charge in [-0.25, -0.2) is 0 Å². The Morgan fingerprint density at radius 2 is 2.00 bits per heavy atom. The normalized spacial score (nSPS) is 24.9. The lowest BCUT2D eigenvalue weighted by molar-refractivity contribution is 0.329. The van der Waals surface area contributed by atoms with Crippen LogP contribution in [0.5, 0.6) is 5.75 Å². The predicted molar refractivity (Wildman–Crippen MR) is 56.3 cm³/mol. The molecule has 1 aliphatic rings. The number of methoxy groups -OCH3 is 1. The Kier molecular flexibility index (Phi) is 2.38.